The summed E-state index contributed by atoms with van der Waals surface area (Å²) in [5, 5.41) is 0. The zero-order chi connectivity index (χ0) is 13.1. The second kappa shape index (κ2) is 5.36. The summed E-state index contributed by atoms with van der Waals surface area (Å²) in [5.41, 5.74) is 9.22. The van der Waals surface area contributed by atoms with E-state index in [0.29, 0.717) is 5.57 Å². The average Bonchev–Trinajstić information content (AvgIpc) is 2.38. The number of halogens is 1. The first kappa shape index (κ1) is 12.8. The minimum absolute atomic E-state index is 0.372. The second-order valence-corrected chi connectivity index (χ2v) is 5.11. The maximum atomic E-state index is 11.4. The third-order valence-electron chi connectivity index (χ3n) is 3.02. The first-order valence-corrected chi connectivity index (χ1v) is 6.51. The van der Waals surface area contributed by atoms with Crippen molar-refractivity contribution in [1.29, 1.82) is 0 Å². The second-order valence-electron chi connectivity index (χ2n) is 4.19. The standard InChI is InChI=1S/C15H14BrNO/c1-10(11-5-4-6-12(16)9-11)13-7-2-3-8-14(13)15(17)18/h2-6,8-9H,7H2,1H3,(H2,17,18)/b13-10+. The SMILES string of the molecule is C/C(=C1/CC=CC=C1C(N)=O)c1cccc(Br)c1. The van der Waals surface area contributed by atoms with E-state index in [9.17, 15) is 4.79 Å². The molecule has 0 aliphatic heterocycles. The summed E-state index contributed by atoms with van der Waals surface area (Å²) in [7, 11) is 0. The van der Waals surface area contributed by atoms with Crippen molar-refractivity contribution >= 4 is 27.4 Å². The minimum atomic E-state index is -0.372. The van der Waals surface area contributed by atoms with Crippen LogP contribution in [-0.2, 0) is 4.79 Å². The Morgan fingerprint density at radius 3 is 2.83 bits per heavy atom. The van der Waals surface area contributed by atoms with Crippen LogP contribution < -0.4 is 5.73 Å². The Morgan fingerprint density at radius 2 is 2.17 bits per heavy atom. The maximum Gasteiger partial charge on any atom is 0.248 e. The van der Waals surface area contributed by atoms with Crippen molar-refractivity contribution in [1.82, 2.24) is 0 Å². The van der Waals surface area contributed by atoms with Crippen LogP contribution >= 0.6 is 15.9 Å². The van der Waals surface area contributed by atoms with Crippen LogP contribution in [0.3, 0.4) is 0 Å². The highest BCUT2D eigenvalue weighted by Crippen LogP contribution is 2.29. The number of carbonyl (C=O) groups excluding carboxylic acids is 1. The molecule has 0 spiro atoms. The molecule has 0 bridgehead atoms. The van der Waals surface area contributed by atoms with Crippen molar-refractivity contribution in [3.05, 3.63) is 63.7 Å². The van der Waals surface area contributed by atoms with Gasteiger partial charge in [0, 0.05) is 10.0 Å². The molecule has 2 nitrogen and oxygen atoms in total. The van der Waals surface area contributed by atoms with E-state index < -0.39 is 0 Å². The molecule has 1 aliphatic carbocycles. The summed E-state index contributed by atoms with van der Waals surface area (Å²) >= 11 is 3.46. The summed E-state index contributed by atoms with van der Waals surface area (Å²) in [6.07, 6.45) is 6.43. The molecule has 3 heteroatoms. The summed E-state index contributed by atoms with van der Waals surface area (Å²) in [5.74, 6) is -0.372. The number of hydrogen-bond acceptors (Lipinski definition) is 1. The summed E-state index contributed by atoms with van der Waals surface area (Å²) in [6, 6.07) is 8.03. The Balaban J connectivity index is 2.50. The first-order chi connectivity index (χ1) is 8.59. The van der Waals surface area contributed by atoms with Crippen LogP contribution in [0.15, 0.2) is 58.1 Å². The molecule has 0 aromatic heterocycles. The highest BCUT2D eigenvalue weighted by atomic mass is 79.9. The molecule has 2 rings (SSSR count). The van der Waals surface area contributed by atoms with Gasteiger partial charge in [-0.3, -0.25) is 4.79 Å². The molecule has 0 unspecified atom stereocenters. The van der Waals surface area contributed by atoms with Gasteiger partial charge in [-0.2, -0.15) is 0 Å². The Hall–Kier alpha value is -1.61. The zero-order valence-electron chi connectivity index (χ0n) is 10.1. The van der Waals surface area contributed by atoms with Crippen LogP contribution in [0.25, 0.3) is 5.57 Å². The van der Waals surface area contributed by atoms with Gasteiger partial charge in [-0.05, 0) is 48.3 Å². The molecule has 1 aromatic rings. The van der Waals surface area contributed by atoms with Gasteiger partial charge in [-0.25, -0.2) is 0 Å². The van der Waals surface area contributed by atoms with E-state index in [-0.39, 0.29) is 5.91 Å². The number of benzene rings is 1. The van der Waals surface area contributed by atoms with Crippen LogP contribution in [0.1, 0.15) is 18.9 Å². The lowest BCUT2D eigenvalue weighted by Crippen LogP contribution is -2.17. The van der Waals surface area contributed by atoms with Gasteiger partial charge in [0.2, 0.25) is 5.91 Å². The molecule has 2 N–H and O–H groups in total. The number of rotatable bonds is 2. The molecule has 0 saturated heterocycles. The minimum Gasteiger partial charge on any atom is -0.366 e. The van der Waals surface area contributed by atoms with Crippen LogP contribution in [-0.4, -0.2) is 5.91 Å². The van der Waals surface area contributed by atoms with E-state index in [1.807, 2.05) is 43.3 Å². The number of carbonyl (C=O) groups is 1. The zero-order valence-corrected chi connectivity index (χ0v) is 11.7. The van der Waals surface area contributed by atoms with Gasteiger partial charge in [0.05, 0.1) is 0 Å². The van der Waals surface area contributed by atoms with Gasteiger partial charge in [0.1, 0.15) is 0 Å². The molecular formula is C15H14BrNO. The molecule has 0 saturated carbocycles. The van der Waals surface area contributed by atoms with Crippen molar-refractivity contribution in [2.45, 2.75) is 13.3 Å². The van der Waals surface area contributed by atoms with Crippen molar-refractivity contribution in [3.63, 3.8) is 0 Å². The van der Waals surface area contributed by atoms with E-state index in [1.54, 1.807) is 6.08 Å². The van der Waals surface area contributed by atoms with Gasteiger partial charge in [-0.1, -0.05) is 40.2 Å². The first-order valence-electron chi connectivity index (χ1n) is 5.72. The van der Waals surface area contributed by atoms with Gasteiger partial charge in [-0.15, -0.1) is 0 Å². The Kier molecular flexibility index (Phi) is 3.82. The molecule has 0 heterocycles. The number of primary amides is 1. The van der Waals surface area contributed by atoms with Crippen LogP contribution in [0.4, 0.5) is 0 Å². The van der Waals surface area contributed by atoms with Crippen LogP contribution in [0, 0.1) is 0 Å². The summed E-state index contributed by atoms with van der Waals surface area (Å²) in [6.45, 7) is 2.02. The number of amides is 1. The third-order valence-corrected chi connectivity index (χ3v) is 3.52. The lowest BCUT2D eigenvalue weighted by atomic mass is 9.90. The van der Waals surface area contributed by atoms with Crippen LogP contribution in [0.2, 0.25) is 0 Å². The van der Waals surface area contributed by atoms with E-state index in [4.69, 9.17) is 5.73 Å². The quantitative estimate of drug-likeness (QED) is 0.891. The van der Waals surface area contributed by atoms with Crippen LogP contribution in [0.5, 0.6) is 0 Å². The molecule has 92 valence electrons. The maximum absolute atomic E-state index is 11.4. The largest absolute Gasteiger partial charge is 0.366 e. The highest BCUT2D eigenvalue weighted by Gasteiger charge is 2.15. The lowest BCUT2D eigenvalue weighted by molar-refractivity contribution is -0.114. The monoisotopic (exact) mass is 303 g/mol. The normalized spacial score (nSPS) is 17.3. The van der Waals surface area contributed by atoms with Gasteiger partial charge < -0.3 is 5.73 Å². The summed E-state index contributed by atoms with van der Waals surface area (Å²) < 4.78 is 1.02. The van der Waals surface area contributed by atoms with Gasteiger partial charge in [0.15, 0.2) is 0 Å². The molecule has 1 aromatic carbocycles. The number of allylic oxidation sites excluding steroid dienone is 4. The Bertz CT molecular complexity index is 582. The van der Waals surface area contributed by atoms with Gasteiger partial charge in [0.25, 0.3) is 0 Å². The fourth-order valence-electron chi connectivity index (χ4n) is 2.04. The molecule has 0 atom stereocenters. The van der Waals surface area contributed by atoms with Crippen molar-refractivity contribution in [2.24, 2.45) is 5.73 Å². The molecule has 18 heavy (non-hydrogen) atoms. The van der Waals surface area contributed by atoms with E-state index in [2.05, 4.69) is 15.9 Å². The van der Waals surface area contributed by atoms with E-state index in [1.165, 1.54) is 0 Å². The lowest BCUT2D eigenvalue weighted by Gasteiger charge is -2.15. The Labute approximate surface area is 115 Å². The topological polar surface area (TPSA) is 43.1 Å². The van der Waals surface area contributed by atoms with Crippen molar-refractivity contribution < 1.29 is 4.79 Å². The van der Waals surface area contributed by atoms with Crippen molar-refractivity contribution in [3.8, 4) is 0 Å². The smallest absolute Gasteiger partial charge is 0.248 e. The number of nitrogens with two attached hydrogens (primary N) is 1. The number of hydrogen-bond donors (Lipinski definition) is 1. The third kappa shape index (κ3) is 2.62. The predicted molar refractivity (Wildman–Crippen MR) is 77.8 cm³/mol. The van der Waals surface area contributed by atoms with Gasteiger partial charge >= 0.3 is 0 Å². The fraction of sp³-hybridized carbons (Fsp3) is 0.133. The van der Waals surface area contributed by atoms with E-state index in [0.717, 1.165) is 27.6 Å². The predicted octanol–water partition coefficient (Wildman–Crippen LogP) is 3.59. The molecule has 0 radical (unpaired) electrons. The molecular weight excluding hydrogens is 290 g/mol. The van der Waals surface area contributed by atoms with E-state index >= 15 is 0 Å². The Morgan fingerprint density at radius 1 is 1.39 bits per heavy atom. The molecule has 1 aliphatic rings. The fourth-order valence-corrected chi connectivity index (χ4v) is 2.44. The highest BCUT2D eigenvalue weighted by molar-refractivity contribution is 9.10. The molecule has 0 fully saturated rings. The average molecular weight is 304 g/mol. The summed E-state index contributed by atoms with van der Waals surface area (Å²) in [4.78, 5) is 11.4. The van der Waals surface area contributed by atoms with Crippen molar-refractivity contribution in [2.75, 3.05) is 0 Å². The molecule has 1 amide bonds.